The maximum absolute atomic E-state index is 12.5. The Morgan fingerprint density at radius 1 is 1.05 bits per heavy atom. The van der Waals surface area contributed by atoms with E-state index in [1.165, 1.54) is 38.5 Å². The van der Waals surface area contributed by atoms with E-state index >= 15 is 0 Å². The summed E-state index contributed by atoms with van der Waals surface area (Å²) in [7, 11) is 0. The predicted octanol–water partition coefficient (Wildman–Crippen LogP) is 3.96. The Hall–Kier alpha value is -0.370. The van der Waals surface area contributed by atoms with Crippen LogP contribution in [0.1, 0.15) is 71.1 Å². The van der Waals surface area contributed by atoms with Crippen LogP contribution in [0.15, 0.2) is 0 Å². The van der Waals surface area contributed by atoms with E-state index in [-0.39, 0.29) is 11.5 Å². The zero-order valence-electron chi connectivity index (χ0n) is 13.4. The minimum atomic E-state index is -0.0332. The molecule has 2 heteroatoms. The van der Waals surface area contributed by atoms with Crippen LogP contribution < -0.4 is 0 Å². The molecule has 2 nitrogen and oxygen atoms in total. The molecule has 0 heterocycles. The van der Waals surface area contributed by atoms with E-state index in [2.05, 4.69) is 6.92 Å². The van der Waals surface area contributed by atoms with Crippen molar-refractivity contribution in [3.05, 3.63) is 0 Å². The van der Waals surface area contributed by atoms with Gasteiger partial charge in [0.25, 0.3) is 0 Å². The van der Waals surface area contributed by atoms with Crippen molar-refractivity contribution in [2.45, 2.75) is 77.2 Å². The molecule has 4 aliphatic carbocycles. The quantitative estimate of drug-likeness (QED) is 0.793. The second-order valence-electron chi connectivity index (χ2n) is 8.41. The van der Waals surface area contributed by atoms with Crippen molar-refractivity contribution in [2.24, 2.45) is 35.0 Å². The van der Waals surface area contributed by atoms with E-state index in [1.807, 2.05) is 0 Å². The Labute approximate surface area is 128 Å². The van der Waals surface area contributed by atoms with Crippen LogP contribution in [0.3, 0.4) is 0 Å². The van der Waals surface area contributed by atoms with E-state index in [0.717, 1.165) is 49.4 Å². The van der Waals surface area contributed by atoms with Gasteiger partial charge in [0.05, 0.1) is 6.10 Å². The SMILES string of the molecule is CC[C@]12CC[C@H]3[C@@H](CC[C@H]4C[C@H](O)CC[C@@H]43)[C@@H]1CCC2=O. The third-order valence-corrected chi connectivity index (χ3v) is 8.00. The molecule has 0 aromatic rings. The number of hydrogen-bond donors (Lipinski definition) is 1. The number of fused-ring (bicyclic) bond motifs is 5. The number of rotatable bonds is 1. The first-order chi connectivity index (χ1) is 10.2. The summed E-state index contributed by atoms with van der Waals surface area (Å²) in [5.41, 5.74) is 0.0716. The summed E-state index contributed by atoms with van der Waals surface area (Å²) in [5, 5.41) is 9.96. The van der Waals surface area contributed by atoms with Crippen LogP contribution >= 0.6 is 0 Å². The Balaban J connectivity index is 1.59. The molecule has 1 N–H and O–H groups in total. The zero-order valence-corrected chi connectivity index (χ0v) is 13.4. The van der Waals surface area contributed by atoms with E-state index in [9.17, 15) is 9.90 Å². The summed E-state index contributed by atoms with van der Waals surface area (Å²) in [6.45, 7) is 2.25. The maximum Gasteiger partial charge on any atom is 0.139 e. The first-order valence-electron chi connectivity index (χ1n) is 9.37. The minimum absolute atomic E-state index is 0.0332. The minimum Gasteiger partial charge on any atom is -0.393 e. The van der Waals surface area contributed by atoms with Gasteiger partial charge in [-0.3, -0.25) is 4.79 Å². The van der Waals surface area contributed by atoms with Crippen molar-refractivity contribution in [2.75, 3.05) is 0 Å². The molecular formula is C19H30O2. The van der Waals surface area contributed by atoms with Gasteiger partial charge in [-0.25, -0.2) is 0 Å². The molecule has 4 rings (SSSR count). The molecule has 4 fully saturated rings. The molecule has 21 heavy (non-hydrogen) atoms. The Morgan fingerprint density at radius 2 is 1.86 bits per heavy atom. The number of Topliss-reactive ketones (excluding diaryl/α,β-unsaturated/α-hetero) is 1. The maximum atomic E-state index is 12.5. The molecule has 4 saturated carbocycles. The summed E-state index contributed by atoms with van der Waals surface area (Å²) in [6.07, 6.45) is 11.5. The van der Waals surface area contributed by atoms with Crippen molar-refractivity contribution in [1.82, 2.24) is 0 Å². The second kappa shape index (κ2) is 5.08. The molecule has 0 bridgehead atoms. The molecule has 4 aliphatic rings. The van der Waals surface area contributed by atoms with Gasteiger partial charge in [-0.15, -0.1) is 0 Å². The van der Waals surface area contributed by atoms with Crippen LogP contribution in [0.5, 0.6) is 0 Å². The largest absolute Gasteiger partial charge is 0.393 e. The van der Waals surface area contributed by atoms with Crippen LogP contribution in [-0.2, 0) is 4.79 Å². The molecule has 0 radical (unpaired) electrons. The number of hydrogen-bond acceptors (Lipinski definition) is 2. The van der Waals surface area contributed by atoms with E-state index < -0.39 is 0 Å². The Kier molecular flexibility index (Phi) is 3.44. The van der Waals surface area contributed by atoms with Crippen LogP contribution in [0.2, 0.25) is 0 Å². The van der Waals surface area contributed by atoms with Gasteiger partial charge in [-0.1, -0.05) is 6.92 Å². The van der Waals surface area contributed by atoms with Gasteiger partial charge in [-0.05, 0) is 87.4 Å². The topological polar surface area (TPSA) is 37.3 Å². The fraction of sp³-hybridized carbons (Fsp3) is 0.947. The zero-order chi connectivity index (χ0) is 14.6. The molecule has 0 aliphatic heterocycles. The van der Waals surface area contributed by atoms with Crippen LogP contribution in [0.4, 0.5) is 0 Å². The number of carbonyl (C=O) groups excluding carboxylic acids is 1. The van der Waals surface area contributed by atoms with Gasteiger partial charge in [0, 0.05) is 11.8 Å². The van der Waals surface area contributed by atoms with E-state index in [1.54, 1.807) is 0 Å². The summed E-state index contributed by atoms with van der Waals surface area (Å²) >= 11 is 0. The normalized spacial score (nSPS) is 53.0. The summed E-state index contributed by atoms with van der Waals surface area (Å²) in [4.78, 5) is 12.5. The summed E-state index contributed by atoms with van der Waals surface area (Å²) < 4.78 is 0. The van der Waals surface area contributed by atoms with E-state index in [4.69, 9.17) is 0 Å². The van der Waals surface area contributed by atoms with Gasteiger partial charge >= 0.3 is 0 Å². The Morgan fingerprint density at radius 3 is 2.67 bits per heavy atom. The lowest BCUT2D eigenvalue weighted by atomic mass is 9.49. The summed E-state index contributed by atoms with van der Waals surface area (Å²) in [6, 6.07) is 0. The molecule has 0 amide bonds. The Bertz CT molecular complexity index is 431. The van der Waals surface area contributed by atoms with Gasteiger partial charge in [0.1, 0.15) is 5.78 Å². The average Bonchev–Trinajstić information content (AvgIpc) is 2.84. The van der Waals surface area contributed by atoms with Crippen molar-refractivity contribution >= 4 is 5.78 Å². The number of ketones is 1. The molecule has 118 valence electrons. The van der Waals surface area contributed by atoms with E-state index in [0.29, 0.717) is 11.7 Å². The predicted molar refractivity (Wildman–Crippen MR) is 82.7 cm³/mol. The first kappa shape index (κ1) is 14.2. The molecule has 0 saturated heterocycles. The second-order valence-corrected chi connectivity index (χ2v) is 8.41. The highest BCUT2D eigenvalue weighted by atomic mass is 16.3. The number of aliphatic hydroxyl groups is 1. The lowest BCUT2D eigenvalue weighted by Gasteiger charge is -2.55. The molecule has 0 aromatic heterocycles. The van der Waals surface area contributed by atoms with Gasteiger partial charge in [-0.2, -0.15) is 0 Å². The van der Waals surface area contributed by atoms with Gasteiger partial charge in [0.2, 0.25) is 0 Å². The number of aliphatic hydroxyl groups excluding tert-OH is 1. The fourth-order valence-corrected chi connectivity index (χ4v) is 7.05. The van der Waals surface area contributed by atoms with Gasteiger partial charge in [0.15, 0.2) is 0 Å². The smallest absolute Gasteiger partial charge is 0.139 e. The van der Waals surface area contributed by atoms with Crippen LogP contribution in [0.25, 0.3) is 0 Å². The lowest BCUT2D eigenvalue weighted by molar-refractivity contribution is -0.135. The lowest BCUT2D eigenvalue weighted by Crippen LogP contribution is -2.49. The summed E-state index contributed by atoms with van der Waals surface area (Å²) in [5.74, 6) is 4.61. The van der Waals surface area contributed by atoms with Crippen LogP contribution in [0, 0.1) is 35.0 Å². The monoisotopic (exact) mass is 290 g/mol. The highest BCUT2D eigenvalue weighted by Gasteiger charge is 2.58. The molecule has 0 unspecified atom stereocenters. The molecular weight excluding hydrogens is 260 g/mol. The van der Waals surface area contributed by atoms with Gasteiger partial charge < -0.3 is 5.11 Å². The van der Waals surface area contributed by atoms with Crippen LogP contribution in [-0.4, -0.2) is 17.0 Å². The molecule has 0 spiro atoms. The van der Waals surface area contributed by atoms with Crippen molar-refractivity contribution < 1.29 is 9.90 Å². The number of carbonyl (C=O) groups is 1. The molecule has 7 atom stereocenters. The third-order valence-electron chi connectivity index (χ3n) is 8.00. The highest BCUT2D eigenvalue weighted by molar-refractivity contribution is 5.87. The first-order valence-corrected chi connectivity index (χ1v) is 9.37. The average molecular weight is 290 g/mol. The standard InChI is InChI=1S/C19H30O2/c1-2-19-10-9-15-14-6-4-13(20)11-12(14)3-5-16(15)17(19)7-8-18(19)21/h12-17,20H,2-11H2,1H3/t12-,13+,14-,15+,16+,17-,19-/m0/s1. The van der Waals surface area contributed by atoms with Crippen molar-refractivity contribution in [3.8, 4) is 0 Å². The van der Waals surface area contributed by atoms with Crippen molar-refractivity contribution in [3.63, 3.8) is 0 Å². The molecule has 0 aromatic carbocycles. The fourth-order valence-electron chi connectivity index (χ4n) is 7.05. The highest BCUT2D eigenvalue weighted by Crippen LogP contribution is 2.62. The van der Waals surface area contributed by atoms with Crippen molar-refractivity contribution in [1.29, 1.82) is 0 Å². The third kappa shape index (κ3) is 1.97.